The van der Waals surface area contributed by atoms with Crippen molar-refractivity contribution in [3.63, 3.8) is 0 Å². The fraction of sp³-hybridized carbons (Fsp3) is 0.176. The van der Waals surface area contributed by atoms with Crippen LogP contribution >= 0.6 is 0 Å². The molecular weight excluding hydrogens is 358 g/mol. The third kappa shape index (κ3) is 3.47. The Labute approximate surface area is 149 Å². The summed E-state index contributed by atoms with van der Waals surface area (Å²) in [6, 6.07) is 10.6. The lowest BCUT2D eigenvalue weighted by Gasteiger charge is -2.10. The van der Waals surface area contributed by atoms with E-state index in [1.54, 1.807) is 25.1 Å². The van der Waals surface area contributed by atoms with Gasteiger partial charge in [0.1, 0.15) is 0 Å². The molecule has 9 heteroatoms. The average Bonchev–Trinajstić information content (AvgIpc) is 2.88. The Morgan fingerprint density at radius 3 is 2.58 bits per heavy atom. The van der Waals surface area contributed by atoms with Crippen LogP contribution in [0.1, 0.15) is 13.8 Å². The normalized spacial score (nSPS) is 11.5. The fourth-order valence-electron chi connectivity index (χ4n) is 2.59. The molecule has 3 aromatic rings. The van der Waals surface area contributed by atoms with E-state index in [0.29, 0.717) is 23.4 Å². The van der Waals surface area contributed by atoms with Crippen LogP contribution in [0.5, 0.6) is 0 Å². The highest BCUT2D eigenvalue weighted by molar-refractivity contribution is 7.92. The van der Waals surface area contributed by atoms with Crippen molar-refractivity contribution in [2.24, 2.45) is 0 Å². The van der Waals surface area contributed by atoms with Gasteiger partial charge in [0.05, 0.1) is 16.1 Å². The smallest absolute Gasteiger partial charge is 0.408 e. The van der Waals surface area contributed by atoms with Crippen molar-refractivity contribution >= 4 is 38.4 Å². The zero-order valence-electron chi connectivity index (χ0n) is 14.1. The van der Waals surface area contributed by atoms with Crippen LogP contribution in [0, 0.1) is 0 Å². The fourth-order valence-corrected chi connectivity index (χ4v) is 3.66. The van der Waals surface area contributed by atoms with E-state index in [4.69, 9.17) is 4.42 Å². The molecule has 136 valence electrons. The number of carbonyl (C=O) groups is 1. The molecule has 26 heavy (non-hydrogen) atoms. The monoisotopic (exact) mass is 375 g/mol. The molecule has 0 spiro atoms. The third-order valence-corrected chi connectivity index (χ3v) is 5.08. The van der Waals surface area contributed by atoms with Gasteiger partial charge >= 0.3 is 5.76 Å². The van der Waals surface area contributed by atoms with Crippen LogP contribution in [0.25, 0.3) is 11.1 Å². The standard InChI is InChI=1S/C17H17N3O5S/c1-3-20-15-8-7-14(10-16(15)25-17(20)22)26(23,24)19-13-6-4-5-12(9-13)18-11(2)21/h4-10,19H,3H2,1-2H3,(H,18,21). The van der Waals surface area contributed by atoms with Crippen LogP contribution in [-0.4, -0.2) is 18.9 Å². The molecule has 2 N–H and O–H groups in total. The second-order valence-electron chi connectivity index (χ2n) is 5.61. The van der Waals surface area contributed by atoms with Gasteiger partial charge in [0.25, 0.3) is 10.0 Å². The predicted octanol–water partition coefficient (Wildman–Crippen LogP) is 2.37. The number of amides is 1. The van der Waals surface area contributed by atoms with Gasteiger partial charge in [-0.15, -0.1) is 0 Å². The molecule has 0 unspecified atom stereocenters. The number of hydrogen-bond acceptors (Lipinski definition) is 5. The van der Waals surface area contributed by atoms with Gasteiger partial charge in [-0.3, -0.25) is 14.1 Å². The number of fused-ring (bicyclic) bond motifs is 1. The number of benzene rings is 2. The quantitative estimate of drug-likeness (QED) is 0.711. The van der Waals surface area contributed by atoms with E-state index in [0.717, 1.165) is 0 Å². The summed E-state index contributed by atoms with van der Waals surface area (Å²) in [5.74, 6) is -0.793. The summed E-state index contributed by atoms with van der Waals surface area (Å²) in [6.07, 6.45) is 0. The summed E-state index contributed by atoms with van der Waals surface area (Å²) < 4.78 is 34.2. The Kier molecular flexibility index (Phi) is 4.56. The number of oxazole rings is 1. The summed E-state index contributed by atoms with van der Waals surface area (Å²) in [5, 5.41) is 2.58. The van der Waals surface area contributed by atoms with Crippen LogP contribution in [0.4, 0.5) is 11.4 Å². The molecular formula is C17H17N3O5S. The van der Waals surface area contributed by atoms with E-state index in [1.165, 1.54) is 35.8 Å². The molecule has 0 aliphatic carbocycles. The SMILES string of the molecule is CCn1c(=O)oc2cc(S(=O)(=O)Nc3cccc(NC(C)=O)c3)ccc21. The first-order chi connectivity index (χ1) is 12.3. The van der Waals surface area contributed by atoms with E-state index in [2.05, 4.69) is 10.0 Å². The minimum Gasteiger partial charge on any atom is -0.408 e. The lowest BCUT2D eigenvalue weighted by Crippen LogP contribution is -2.13. The second-order valence-corrected chi connectivity index (χ2v) is 7.29. The Morgan fingerprint density at radius 2 is 1.88 bits per heavy atom. The lowest BCUT2D eigenvalue weighted by atomic mass is 10.3. The highest BCUT2D eigenvalue weighted by Gasteiger charge is 2.17. The molecule has 1 aromatic heterocycles. The van der Waals surface area contributed by atoms with Crippen molar-refractivity contribution in [3.05, 3.63) is 53.0 Å². The summed E-state index contributed by atoms with van der Waals surface area (Å²) >= 11 is 0. The van der Waals surface area contributed by atoms with Crippen molar-refractivity contribution < 1.29 is 17.6 Å². The number of hydrogen-bond donors (Lipinski definition) is 2. The lowest BCUT2D eigenvalue weighted by molar-refractivity contribution is -0.114. The van der Waals surface area contributed by atoms with E-state index in [9.17, 15) is 18.0 Å². The van der Waals surface area contributed by atoms with Gasteiger partial charge in [-0.05, 0) is 37.3 Å². The number of anilines is 2. The van der Waals surface area contributed by atoms with E-state index in [-0.39, 0.29) is 16.4 Å². The molecule has 0 aliphatic heterocycles. The van der Waals surface area contributed by atoms with Crippen molar-refractivity contribution in [2.45, 2.75) is 25.3 Å². The summed E-state index contributed by atoms with van der Waals surface area (Å²) in [4.78, 5) is 22.8. The number of nitrogens with zero attached hydrogens (tertiary/aromatic N) is 1. The van der Waals surface area contributed by atoms with Gasteiger partial charge in [-0.2, -0.15) is 0 Å². The molecule has 0 atom stereocenters. The molecule has 0 radical (unpaired) electrons. The number of aromatic nitrogens is 1. The number of nitrogens with one attached hydrogen (secondary N) is 2. The number of rotatable bonds is 5. The molecule has 1 amide bonds. The molecule has 1 heterocycles. The van der Waals surface area contributed by atoms with Crippen molar-refractivity contribution in [2.75, 3.05) is 10.0 Å². The largest absolute Gasteiger partial charge is 0.419 e. The first kappa shape index (κ1) is 17.7. The van der Waals surface area contributed by atoms with Crippen molar-refractivity contribution in [3.8, 4) is 0 Å². The maximum Gasteiger partial charge on any atom is 0.419 e. The second kappa shape index (κ2) is 6.68. The summed E-state index contributed by atoms with van der Waals surface area (Å²) in [5.41, 5.74) is 1.50. The van der Waals surface area contributed by atoms with E-state index < -0.39 is 15.8 Å². The zero-order chi connectivity index (χ0) is 18.9. The molecule has 0 saturated carbocycles. The first-order valence-corrected chi connectivity index (χ1v) is 9.32. The molecule has 0 aliphatic rings. The van der Waals surface area contributed by atoms with Crippen LogP contribution in [0.2, 0.25) is 0 Å². The Hall–Kier alpha value is -3.07. The Balaban J connectivity index is 1.94. The average molecular weight is 375 g/mol. The van der Waals surface area contributed by atoms with Gasteiger partial charge < -0.3 is 9.73 Å². The van der Waals surface area contributed by atoms with Gasteiger partial charge in [-0.25, -0.2) is 13.2 Å². The zero-order valence-corrected chi connectivity index (χ0v) is 15.0. The Morgan fingerprint density at radius 1 is 1.15 bits per heavy atom. The van der Waals surface area contributed by atoms with Gasteiger partial charge in [0.15, 0.2) is 5.58 Å². The van der Waals surface area contributed by atoms with Crippen molar-refractivity contribution in [1.82, 2.24) is 4.57 Å². The molecule has 0 fully saturated rings. The number of carbonyl (C=O) groups excluding carboxylic acids is 1. The van der Waals surface area contributed by atoms with E-state index in [1.807, 2.05) is 0 Å². The van der Waals surface area contributed by atoms with Crippen LogP contribution in [0.3, 0.4) is 0 Å². The maximum atomic E-state index is 12.6. The number of sulfonamides is 1. The molecule has 0 saturated heterocycles. The molecule has 3 rings (SSSR count). The van der Waals surface area contributed by atoms with Crippen molar-refractivity contribution in [1.29, 1.82) is 0 Å². The van der Waals surface area contributed by atoms with Crippen LogP contribution < -0.4 is 15.8 Å². The highest BCUT2D eigenvalue weighted by atomic mass is 32.2. The molecule has 2 aromatic carbocycles. The maximum absolute atomic E-state index is 12.6. The van der Waals surface area contributed by atoms with Gasteiger partial charge in [-0.1, -0.05) is 6.07 Å². The predicted molar refractivity (Wildman–Crippen MR) is 97.7 cm³/mol. The first-order valence-electron chi connectivity index (χ1n) is 7.84. The van der Waals surface area contributed by atoms with Gasteiger partial charge in [0.2, 0.25) is 5.91 Å². The van der Waals surface area contributed by atoms with Crippen LogP contribution in [0.15, 0.2) is 56.6 Å². The van der Waals surface area contributed by atoms with Crippen LogP contribution in [-0.2, 0) is 21.4 Å². The van der Waals surface area contributed by atoms with E-state index >= 15 is 0 Å². The molecule has 0 bridgehead atoms. The summed E-state index contributed by atoms with van der Waals surface area (Å²) in [6.45, 7) is 3.58. The van der Waals surface area contributed by atoms with Gasteiger partial charge in [0, 0.05) is 25.2 Å². The third-order valence-electron chi connectivity index (χ3n) is 3.70. The Bertz CT molecular complexity index is 1140. The topological polar surface area (TPSA) is 110 Å². The summed E-state index contributed by atoms with van der Waals surface area (Å²) in [7, 11) is -3.89. The highest BCUT2D eigenvalue weighted by Crippen LogP contribution is 2.22. The molecule has 8 nitrogen and oxygen atoms in total. The minimum absolute atomic E-state index is 0.0352. The number of aryl methyl sites for hydroxylation is 1. The minimum atomic E-state index is -3.89.